The summed E-state index contributed by atoms with van der Waals surface area (Å²) in [4.78, 5) is 1.28. The monoisotopic (exact) mass is 363 g/mol. The van der Waals surface area contributed by atoms with E-state index in [9.17, 15) is 0 Å². The zero-order valence-electron chi connectivity index (χ0n) is 14.0. The Hall–Kier alpha value is -2.30. The van der Waals surface area contributed by atoms with Crippen LogP contribution in [0, 0.1) is 0 Å². The van der Waals surface area contributed by atoms with Crippen molar-refractivity contribution >= 4 is 45.1 Å². The number of fused-ring (bicyclic) bond motifs is 2. The van der Waals surface area contributed by atoms with Gasteiger partial charge in [-0.3, -0.25) is 0 Å². The topological polar surface area (TPSA) is 15.9 Å². The van der Waals surface area contributed by atoms with Gasteiger partial charge in [-0.25, -0.2) is 0 Å². The van der Waals surface area contributed by atoms with Crippen LogP contribution in [0.3, 0.4) is 0 Å². The second-order valence-electron chi connectivity index (χ2n) is 5.65. The number of thiazole rings is 1. The average Bonchev–Trinajstić information content (AvgIpc) is 3.21. The molecule has 4 heteroatoms. The van der Waals surface area contributed by atoms with Crippen molar-refractivity contribution in [1.29, 1.82) is 0 Å². The molecule has 0 radical (unpaired) electrons. The van der Waals surface area contributed by atoms with E-state index >= 15 is 0 Å². The van der Waals surface area contributed by atoms with Gasteiger partial charge in [0.05, 0.1) is 10.7 Å². The normalized spacial score (nSPS) is 15.5. The molecule has 0 atom stereocenters. The smallest absolute Gasteiger partial charge is 0.262 e. The molecule has 124 valence electrons. The zero-order valence-corrected chi connectivity index (χ0v) is 15.6. The van der Waals surface area contributed by atoms with Gasteiger partial charge < -0.3 is 5.32 Å². The third-order valence-corrected chi connectivity index (χ3v) is 6.19. The van der Waals surface area contributed by atoms with E-state index in [1.807, 2.05) is 11.3 Å². The molecule has 3 aromatic rings. The highest BCUT2D eigenvalue weighted by Gasteiger charge is 2.15. The maximum atomic E-state index is 3.43. The van der Waals surface area contributed by atoms with Crippen LogP contribution < -0.4 is 9.88 Å². The molecule has 0 saturated heterocycles. The second-order valence-corrected chi connectivity index (χ2v) is 7.80. The van der Waals surface area contributed by atoms with Crippen molar-refractivity contribution in [3.05, 3.63) is 82.9 Å². The molecule has 0 saturated carbocycles. The fraction of sp³-hybridized carbons (Fsp3) is 0.0952. The molecule has 1 N–H and O–H groups in total. The summed E-state index contributed by atoms with van der Waals surface area (Å²) in [6, 6.07) is 17.0. The number of nitrogens with zero attached hydrogens (tertiary/aromatic N) is 1. The van der Waals surface area contributed by atoms with Gasteiger partial charge in [-0.1, -0.05) is 65.6 Å². The Morgan fingerprint density at radius 2 is 1.84 bits per heavy atom. The van der Waals surface area contributed by atoms with Gasteiger partial charge >= 0.3 is 0 Å². The van der Waals surface area contributed by atoms with Crippen molar-refractivity contribution in [2.24, 2.45) is 0 Å². The van der Waals surface area contributed by atoms with Gasteiger partial charge in [0, 0.05) is 17.0 Å². The third kappa shape index (κ3) is 3.41. The van der Waals surface area contributed by atoms with Crippen LogP contribution in [0.4, 0.5) is 5.69 Å². The number of aryl methyl sites for hydroxylation is 1. The maximum absolute atomic E-state index is 3.43. The molecule has 1 aliphatic rings. The highest BCUT2D eigenvalue weighted by atomic mass is 32.2. The number of rotatable bonds is 4. The Morgan fingerprint density at radius 3 is 2.72 bits per heavy atom. The first-order valence-corrected chi connectivity index (χ1v) is 9.99. The van der Waals surface area contributed by atoms with Gasteiger partial charge in [-0.15, -0.1) is 0 Å². The molecule has 2 aromatic carbocycles. The van der Waals surface area contributed by atoms with E-state index in [0.29, 0.717) is 0 Å². The molecule has 4 rings (SSSR count). The second kappa shape index (κ2) is 7.30. The number of hydrogen-bond donors (Lipinski definition) is 1. The first kappa shape index (κ1) is 16.2. The SMILES string of the molecule is CC[n+]1c(/C=C/C=C/C=C2\Nc3ccccc3S2)sc2ccccc21. The maximum Gasteiger partial charge on any atom is 0.262 e. The van der Waals surface area contributed by atoms with Gasteiger partial charge in [0.1, 0.15) is 11.2 Å². The van der Waals surface area contributed by atoms with E-state index in [1.165, 1.54) is 25.8 Å². The number of aromatic nitrogens is 1. The summed E-state index contributed by atoms with van der Waals surface area (Å²) in [6.07, 6.45) is 10.6. The van der Waals surface area contributed by atoms with Gasteiger partial charge in [-0.05, 0) is 31.2 Å². The third-order valence-electron chi connectivity index (χ3n) is 4.03. The predicted molar refractivity (Wildman–Crippen MR) is 110 cm³/mol. The van der Waals surface area contributed by atoms with Crippen molar-refractivity contribution in [3.63, 3.8) is 0 Å². The summed E-state index contributed by atoms with van der Waals surface area (Å²) in [5, 5.41) is 5.87. The van der Waals surface area contributed by atoms with Gasteiger partial charge in [0.2, 0.25) is 5.52 Å². The van der Waals surface area contributed by atoms with Crippen molar-refractivity contribution in [1.82, 2.24) is 0 Å². The Morgan fingerprint density at radius 1 is 1.00 bits per heavy atom. The summed E-state index contributed by atoms with van der Waals surface area (Å²) in [6.45, 7) is 3.17. The molecular weight excluding hydrogens is 344 g/mol. The van der Waals surface area contributed by atoms with Crippen molar-refractivity contribution in [2.75, 3.05) is 5.32 Å². The first-order chi connectivity index (χ1) is 12.3. The first-order valence-electron chi connectivity index (χ1n) is 8.35. The van der Waals surface area contributed by atoms with Crippen molar-refractivity contribution in [2.45, 2.75) is 18.4 Å². The van der Waals surface area contributed by atoms with E-state index in [-0.39, 0.29) is 0 Å². The molecule has 0 unspecified atom stereocenters. The number of hydrogen-bond acceptors (Lipinski definition) is 3. The minimum Gasteiger partial charge on any atom is -0.349 e. The minimum absolute atomic E-state index is 0.982. The van der Waals surface area contributed by atoms with E-state index in [4.69, 9.17) is 0 Å². The quantitative estimate of drug-likeness (QED) is 0.463. The fourth-order valence-corrected chi connectivity index (χ4v) is 4.92. The molecule has 2 heterocycles. The molecule has 1 aliphatic heterocycles. The molecule has 0 fully saturated rings. The predicted octanol–water partition coefficient (Wildman–Crippen LogP) is 5.84. The fourth-order valence-electron chi connectivity index (χ4n) is 2.86. The Labute approximate surface area is 156 Å². The summed E-state index contributed by atoms with van der Waals surface area (Å²) >= 11 is 3.61. The van der Waals surface area contributed by atoms with Crippen LogP contribution in [0.5, 0.6) is 0 Å². The van der Waals surface area contributed by atoms with E-state index in [1.54, 1.807) is 11.8 Å². The van der Waals surface area contributed by atoms with Crippen LogP contribution in [0.1, 0.15) is 11.9 Å². The lowest BCUT2D eigenvalue weighted by Gasteiger charge is -1.95. The molecule has 0 amide bonds. The lowest BCUT2D eigenvalue weighted by molar-refractivity contribution is -0.665. The highest BCUT2D eigenvalue weighted by Crippen LogP contribution is 2.40. The van der Waals surface area contributed by atoms with Crippen LogP contribution in [-0.4, -0.2) is 0 Å². The van der Waals surface area contributed by atoms with E-state index < -0.39 is 0 Å². The average molecular weight is 364 g/mol. The van der Waals surface area contributed by atoms with Gasteiger partial charge in [0.25, 0.3) is 5.01 Å². The van der Waals surface area contributed by atoms with Crippen molar-refractivity contribution in [3.8, 4) is 0 Å². The molecule has 25 heavy (non-hydrogen) atoms. The summed E-state index contributed by atoms with van der Waals surface area (Å²) < 4.78 is 3.69. The summed E-state index contributed by atoms with van der Waals surface area (Å²) in [5.41, 5.74) is 2.50. The van der Waals surface area contributed by atoms with Crippen LogP contribution in [0.25, 0.3) is 16.3 Å². The molecular formula is C21H19N2S2+. The minimum atomic E-state index is 0.982. The summed E-state index contributed by atoms with van der Waals surface area (Å²) in [5.74, 6) is 0. The number of anilines is 1. The van der Waals surface area contributed by atoms with Crippen LogP contribution >= 0.6 is 23.1 Å². The number of nitrogens with one attached hydrogen (secondary N) is 1. The number of allylic oxidation sites excluding steroid dienone is 4. The molecule has 2 nitrogen and oxygen atoms in total. The lowest BCUT2D eigenvalue weighted by Crippen LogP contribution is -2.33. The largest absolute Gasteiger partial charge is 0.349 e. The van der Waals surface area contributed by atoms with Crippen LogP contribution in [-0.2, 0) is 6.54 Å². The molecule has 0 aliphatic carbocycles. The van der Waals surface area contributed by atoms with Crippen LogP contribution in [0.15, 0.2) is 82.8 Å². The molecule has 0 bridgehead atoms. The lowest BCUT2D eigenvalue weighted by atomic mass is 10.3. The van der Waals surface area contributed by atoms with Gasteiger partial charge in [-0.2, -0.15) is 4.57 Å². The van der Waals surface area contributed by atoms with Crippen molar-refractivity contribution < 1.29 is 4.57 Å². The number of benzene rings is 2. The van der Waals surface area contributed by atoms with E-state index in [2.05, 4.69) is 95.7 Å². The van der Waals surface area contributed by atoms with Gasteiger partial charge in [0.15, 0.2) is 0 Å². The molecule has 1 aromatic heterocycles. The molecule has 0 spiro atoms. The number of thioether (sulfide) groups is 1. The standard InChI is InChI=1S/C21H18N2S2/c1-2-23-17-11-7-9-13-19(17)25-21(23)15-5-3-4-14-20-22-16-10-6-8-12-18(16)24-20/h3-15H,2H2,1H3/p+1. The summed E-state index contributed by atoms with van der Waals surface area (Å²) in [7, 11) is 0. The Bertz CT molecular complexity index is 969. The van der Waals surface area contributed by atoms with E-state index in [0.717, 1.165) is 11.6 Å². The highest BCUT2D eigenvalue weighted by molar-refractivity contribution is 8.03. The number of para-hydroxylation sites is 2. The zero-order chi connectivity index (χ0) is 17.1. The Balaban J connectivity index is 1.47. The Kier molecular flexibility index (Phi) is 4.72. The van der Waals surface area contributed by atoms with Crippen LogP contribution in [0.2, 0.25) is 0 Å².